The van der Waals surface area contributed by atoms with E-state index in [2.05, 4.69) is 0 Å². The molecule has 0 aliphatic rings. The zero-order valence-electron chi connectivity index (χ0n) is 9.12. The summed E-state index contributed by atoms with van der Waals surface area (Å²) in [5.41, 5.74) is 0. The zero-order valence-corrected chi connectivity index (χ0v) is 18.0. The Morgan fingerprint density at radius 2 is 0.789 bits per heavy atom. The molecule has 0 saturated carbocycles. The number of halogens is 3. The molecule has 0 radical (unpaired) electrons. The maximum atomic E-state index is 9.40. The summed E-state index contributed by atoms with van der Waals surface area (Å²) in [6.07, 6.45) is 2.88. The summed E-state index contributed by atoms with van der Waals surface area (Å²) >= 11 is 5.40. The fourth-order valence-corrected chi connectivity index (χ4v) is 1.04. The normalized spacial score (nSPS) is 9.00. The average Bonchev–Trinajstić information content (AvgIpc) is 2.18. The third-order valence-electron chi connectivity index (χ3n) is 0.597. The van der Waals surface area contributed by atoms with Crippen molar-refractivity contribution in [1.29, 1.82) is 0 Å². The number of aliphatic carboxylic acids is 3. The Morgan fingerprint density at radius 1 is 0.632 bits per heavy atom. The topological polar surface area (TPSA) is 120 Å². The summed E-state index contributed by atoms with van der Waals surface area (Å²) < 4.78 is 4.15. The maximum absolute atomic E-state index is 9.40. The number of hydrogen-bond donors (Lipinski definition) is 0. The second-order valence-electron chi connectivity index (χ2n) is 1.84. The van der Waals surface area contributed by atoms with Crippen molar-refractivity contribution in [3.8, 4) is 0 Å². The van der Waals surface area contributed by atoms with E-state index in [9.17, 15) is 29.7 Å². The summed E-state index contributed by atoms with van der Waals surface area (Å²) in [7, 11) is 0. The quantitative estimate of drug-likeness (QED) is 0.211. The van der Waals surface area contributed by atoms with Crippen LogP contribution in [0.1, 0.15) is 0 Å². The van der Waals surface area contributed by atoms with Crippen molar-refractivity contribution in [2.45, 2.75) is 0 Å². The van der Waals surface area contributed by atoms with Crippen LogP contribution in [0.3, 0.4) is 0 Å². The summed E-state index contributed by atoms with van der Waals surface area (Å²) in [6.45, 7) is 0. The Labute approximate surface area is 163 Å². The van der Waals surface area contributed by atoms with Gasteiger partial charge in [0, 0.05) is 0 Å². The van der Waals surface area contributed by atoms with E-state index in [1.54, 1.807) is 67.8 Å². The van der Waals surface area contributed by atoms with Gasteiger partial charge in [-0.2, -0.15) is 0 Å². The Bertz CT molecular complexity index is 289. The van der Waals surface area contributed by atoms with Gasteiger partial charge in [-0.15, -0.1) is 0 Å². The zero-order chi connectivity index (χ0) is 15.0. The third kappa shape index (κ3) is 55.9. The number of hydrogen-bond acceptors (Lipinski definition) is 6. The van der Waals surface area contributed by atoms with Crippen molar-refractivity contribution in [2.75, 3.05) is 0 Å². The van der Waals surface area contributed by atoms with Gasteiger partial charge in [0.2, 0.25) is 0 Å². The fourth-order valence-electron chi connectivity index (χ4n) is 0.154. The monoisotopic (exact) mass is 660 g/mol. The molecule has 0 aromatic rings. The van der Waals surface area contributed by atoms with Crippen LogP contribution < -0.4 is 15.3 Å². The average molecular weight is 661 g/mol. The van der Waals surface area contributed by atoms with Crippen LogP contribution in [0.5, 0.6) is 0 Å². The second kappa shape index (κ2) is 23.5. The molecule has 0 amide bonds. The first kappa shape index (κ1) is 27.7. The van der Waals surface area contributed by atoms with Crippen molar-refractivity contribution in [1.82, 2.24) is 0 Å². The van der Waals surface area contributed by atoms with E-state index >= 15 is 0 Å². The van der Waals surface area contributed by atoms with Crippen molar-refractivity contribution < 1.29 is 29.7 Å². The molecule has 10 heteroatoms. The van der Waals surface area contributed by atoms with Crippen LogP contribution in [0.15, 0.2) is 30.5 Å². The van der Waals surface area contributed by atoms with Crippen LogP contribution in [0.2, 0.25) is 0 Å². The smallest absolute Gasteiger partial charge is 0.545 e. The van der Waals surface area contributed by atoms with Crippen LogP contribution in [0, 0.1) is 0 Å². The molecule has 0 rings (SSSR count). The molecule has 0 aliphatic heterocycles. The molecular formula is C9H6GaI3O6. The van der Waals surface area contributed by atoms with Gasteiger partial charge in [0.05, 0.1) is 17.9 Å². The molecule has 0 spiro atoms. The summed E-state index contributed by atoms with van der Waals surface area (Å²) in [5, 5.41) is 28.2. The van der Waals surface area contributed by atoms with E-state index in [4.69, 9.17) is 0 Å². The van der Waals surface area contributed by atoms with Gasteiger partial charge < -0.3 is 29.7 Å². The van der Waals surface area contributed by atoms with Crippen molar-refractivity contribution in [3.05, 3.63) is 30.5 Å². The minimum absolute atomic E-state index is 0. The van der Waals surface area contributed by atoms with Crippen molar-refractivity contribution in [2.24, 2.45) is 0 Å². The van der Waals surface area contributed by atoms with Crippen molar-refractivity contribution >= 4 is 105 Å². The number of carboxylic acids is 3. The largest absolute Gasteiger partial charge is 3.00 e. The van der Waals surface area contributed by atoms with Crippen LogP contribution in [-0.2, 0) is 14.4 Å². The van der Waals surface area contributed by atoms with E-state index in [-0.39, 0.29) is 19.8 Å². The van der Waals surface area contributed by atoms with Crippen LogP contribution in [0.4, 0.5) is 0 Å². The van der Waals surface area contributed by atoms with Gasteiger partial charge in [-0.25, -0.2) is 0 Å². The number of carbonyl (C=O) groups is 3. The molecule has 0 saturated heterocycles. The van der Waals surface area contributed by atoms with Gasteiger partial charge in [0.25, 0.3) is 0 Å². The Morgan fingerprint density at radius 3 is 0.789 bits per heavy atom. The molecule has 102 valence electrons. The van der Waals surface area contributed by atoms with E-state index in [0.29, 0.717) is 0 Å². The SMILES string of the molecule is O=C([O-])/C=C/I.O=C([O-])/C=C/I.O=C([O-])/C=C/I.[Ga+3]. The first-order valence-corrected chi connectivity index (χ1v) is 7.48. The predicted octanol–water partition coefficient (Wildman–Crippen LogP) is -1.33. The predicted molar refractivity (Wildman–Crippen MR) is 90.3 cm³/mol. The maximum Gasteiger partial charge on any atom is 3.00 e. The molecule has 0 aromatic carbocycles. The van der Waals surface area contributed by atoms with Gasteiger partial charge in [-0.3, -0.25) is 0 Å². The van der Waals surface area contributed by atoms with Gasteiger partial charge in [0.1, 0.15) is 0 Å². The first-order chi connectivity index (χ1) is 8.31. The number of rotatable bonds is 3. The van der Waals surface area contributed by atoms with E-state index in [1.807, 2.05) is 0 Å². The molecule has 0 unspecified atom stereocenters. The van der Waals surface area contributed by atoms with E-state index in [1.165, 1.54) is 12.2 Å². The summed E-state index contributed by atoms with van der Waals surface area (Å²) in [4.78, 5) is 28.2. The molecule has 0 fully saturated rings. The van der Waals surface area contributed by atoms with E-state index in [0.717, 1.165) is 18.2 Å². The first-order valence-electron chi connectivity index (χ1n) is 3.75. The van der Waals surface area contributed by atoms with Gasteiger partial charge in [-0.05, 0) is 30.5 Å². The molecule has 0 atom stereocenters. The molecule has 0 aliphatic carbocycles. The molecule has 0 bridgehead atoms. The van der Waals surface area contributed by atoms with Crippen LogP contribution in [0.25, 0.3) is 0 Å². The fraction of sp³-hybridized carbons (Fsp3) is 0. The molecule has 0 N–H and O–H groups in total. The Hall–Kier alpha value is 0.456. The molecule has 0 heterocycles. The van der Waals surface area contributed by atoms with Crippen LogP contribution >= 0.6 is 67.8 Å². The minimum atomic E-state index is -1.15. The molecule has 6 nitrogen and oxygen atoms in total. The summed E-state index contributed by atoms with van der Waals surface area (Å²) in [5.74, 6) is -3.45. The number of carbonyl (C=O) groups excluding carboxylic acids is 3. The standard InChI is InChI=1S/3C3H3IO2.Ga/c3*4-2-1-3(5)6;/h3*1-2H,(H,5,6);/q;;;+3/p-3/b3*2-1+;. The Balaban J connectivity index is -0.0000000865. The number of carboxylic acid groups (broad SMARTS) is 3. The Kier molecular flexibility index (Phi) is 34.4. The van der Waals surface area contributed by atoms with Gasteiger partial charge in [0.15, 0.2) is 0 Å². The molecular weight excluding hydrogens is 655 g/mol. The summed E-state index contributed by atoms with van der Waals surface area (Å²) in [6, 6.07) is 0. The minimum Gasteiger partial charge on any atom is -0.545 e. The third-order valence-corrected chi connectivity index (χ3v) is 1.68. The second-order valence-corrected chi connectivity index (χ2v) is 3.99. The van der Waals surface area contributed by atoms with Crippen LogP contribution in [-0.4, -0.2) is 37.7 Å². The molecule has 19 heavy (non-hydrogen) atoms. The van der Waals surface area contributed by atoms with Crippen molar-refractivity contribution in [3.63, 3.8) is 0 Å². The van der Waals surface area contributed by atoms with E-state index < -0.39 is 17.9 Å². The molecule has 0 aromatic heterocycles. The van der Waals surface area contributed by atoms with Gasteiger partial charge in [-0.1, -0.05) is 67.8 Å². The van der Waals surface area contributed by atoms with Gasteiger partial charge >= 0.3 is 19.8 Å².